The molecule has 1 aromatic heterocycles. The maximum absolute atomic E-state index is 11.8. The monoisotopic (exact) mass is 456 g/mol. The molecule has 1 aliphatic rings. The van der Waals surface area contributed by atoms with Gasteiger partial charge in [0.15, 0.2) is 0 Å². The predicted molar refractivity (Wildman–Crippen MR) is 122 cm³/mol. The molecule has 10 heteroatoms. The lowest BCUT2D eigenvalue weighted by atomic mass is 10.1. The lowest BCUT2D eigenvalue weighted by Crippen LogP contribution is -2.47. The first-order valence-electron chi connectivity index (χ1n) is 10.1. The minimum absolute atomic E-state index is 0.422. The van der Waals surface area contributed by atoms with Crippen molar-refractivity contribution in [2.45, 2.75) is 38.0 Å². The Morgan fingerprint density at radius 3 is 1.73 bits per heavy atom. The molecule has 2 bridgehead atoms. The molecule has 30 heavy (non-hydrogen) atoms. The second-order valence-electron chi connectivity index (χ2n) is 7.60. The lowest BCUT2D eigenvalue weighted by molar-refractivity contribution is -0.144. The molecule has 1 aromatic rings. The van der Waals surface area contributed by atoms with Gasteiger partial charge in [0, 0.05) is 39.3 Å². The molecule has 0 spiro atoms. The van der Waals surface area contributed by atoms with Gasteiger partial charge >= 0.3 is 11.9 Å². The highest BCUT2D eigenvalue weighted by molar-refractivity contribution is 7.80. The number of carboxylic acids is 2. The van der Waals surface area contributed by atoms with Crippen LogP contribution in [0.25, 0.3) is 0 Å². The van der Waals surface area contributed by atoms with E-state index in [0.29, 0.717) is 63.6 Å². The van der Waals surface area contributed by atoms with E-state index >= 15 is 0 Å². The summed E-state index contributed by atoms with van der Waals surface area (Å²) in [6.45, 7) is 3.34. The Morgan fingerprint density at radius 1 is 0.933 bits per heavy atom. The number of fused-ring (bicyclic) bond motifs is 2. The van der Waals surface area contributed by atoms with Crippen LogP contribution in [0.3, 0.4) is 0 Å². The summed E-state index contributed by atoms with van der Waals surface area (Å²) in [7, 11) is 1.97. The number of pyridine rings is 1. The Hall–Kier alpha value is -1.33. The molecule has 1 aliphatic heterocycles. The third-order valence-corrected chi connectivity index (χ3v) is 5.91. The van der Waals surface area contributed by atoms with Crippen molar-refractivity contribution < 1.29 is 19.8 Å². The van der Waals surface area contributed by atoms with Crippen LogP contribution in [0.1, 0.15) is 24.2 Å². The highest BCUT2D eigenvalue weighted by Gasteiger charge is 2.28. The highest BCUT2D eigenvalue weighted by Crippen LogP contribution is 2.16. The van der Waals surface area contributed by atoms with Crippen molar-refractivity contribution >= 4 is 37.2 Å². The van der Waals surface area contributed by atoms with Gasteiger partial charge < -0.3 is 15.1 Å². The van der Waals surface area contributed by atoms with E-state index in [-0.39, 0.29) is 0 Å². The minimum atomic E-state index is -0.850. The molecule has 0 aliphatic carbocycles. The van der Waals surface area contributed by atoms with Crippen LogP contribution >= 0.6 is 25.3 Å². The largest absolute Gasteiger partial charge is 0.480 e. The van der Waals surface area contributed by atoms with E-state index in [0.717, 1.165) is 11.4 Å². The molecular formula is C20H32N4O4S2. The number of rotatable bonds is 8. The molecule has 0 amide bonds. The van der Waals surface area contributed by atoms with Gasteiger partial charge in [-0.2, -0.15) is 25.3 Å². The zero-order chi connectivity index (χ0) is 22.1. The average Bonchev–Trinajstić information content (AvgIpc) is 2.70. The standard InChI is InChI=1S/C20H32N4O4S2/c1-22-7-9-23(17(5-11-29)19(25)26)13-15-3-2-4-16(21-15)14-24(10-8-22)18(6-12-30)20(27)28/h2-4,17-18,29-30H,5-14H2,1H3,(H,25,26)(H,27,28). The van der Waals surface area contributed by atoms with Gasteiger partial charge in [-0.15, -0.1) is 0 Å². The molecule has 0 fully saturated rings. The Balaban J connectivity index is 2.32. The highest BCUT2D eigenvalue weighted by atomic mass is 32.1. The van der Waals surface area contributed by atoms with Gasteiger partial charge in [-0.1, -0.05) is 6.07 Å². The number of hydrogen-bond acceptors (Lipinski definition) is 8. The van der Waals surface area contributed by atoms with E-state index in [9.17, 15) is 19.8 Å². The number of aliphatic carboxylic acids is 2. The second kappa shape index (κ2) is 12.5. The number of aromatic nitrogens is 1. The number of hydrogen-bond donors (Lipinski definition) is 4. The molecule has 168 valence electrons. The van der Waals surface area contributed by atoms with Gasteiger partial charge in [0.2, 0.25) is 0 Å². The predicted octanol–water partition coefficient (Wildman–Crippen LogP) is 1.18. The second-order valence-corrected chi connectivity index (χ2v) is 8.49. The summed E-state index contributed by atoms with van der Waals surface area (Å²) in [6.07, 6.45) is 0.916. The topological polar surface area (TPSA) is 97.2 Å². The quantitative estimate of drug-likeness (QED) is 0.433. The smallest absolute Gasteiger partial charge is 0.320 e. The fourth-order valence-electron chi connectivity index (χ4n) is 3.69. The molecule has 2 atom stereocenters. The van der Waals surface area contributed by atoms with E-state index in [2.05, 4.69) is 30.2 Å². The van der Waals surface area contributed by atoms with Crippen LogP contribution in [-0.2, 0) is 22.7 Å². The Labute approximate surface area is 189 Å². The van der Waals surface area contributed by atoms with Crippen LogP contribution < -0.4 is 0 Å². The van der Waals surface area contributed by atoms with Crippen LogP contribution in [0.4, 0.5) is 0 Å². The van der Waals surface area contributed by atoms with Gasteiger partial charge in [0.05, 0.1) is 11.4 Å². The van der Waals surface area contributed by atoms with Gasteiger partial charge in [-0.05, 0) is 43.5 Å². The zero-order valence-corrected chi connectivity index (χ0v) is 19.1. The van der Waals surface area contributed by atoms with Gasteiger partial charge in [-0.3, -0.25) is 24.4 Å². The third-order valence-electron chi connectivity index (χ3n) is 5.39. The number of thiol groups is 2. The number of likely N-dealkylation sites (N-methyl/N-ethyl adjacent to an activating group) is 1. The first-order valence-corrected chi connectivity index (χ1v) is 11.4. The van der Waals surface area contributed by atoms with Crippen LogP contribution in [0.5, 0.6) is 0 Å². The van der Waals surface area contributed by atoms with Crippen LogP contribution in [0.15, 0.2) is 18.2 Å². The maximum Gasteiger partial charge on any atom is 0.320 e. The summed E-state index contributed by atoms with van der Waals surface area (Å²) in [6, 6.07) is 4.44. The van der Waals surface area contributed by atoms with E-state index in [1.807, 2.05) is 35.0 Å². The van der Waals surface area contributed by atoms with Crippen molar-refractivity contribution in [2.24, 2.45) is 0 Å². The molecule has 2 rings (SSSR count). The normalized spacial score (nSPS) is 19.4. The van der Waals surface area contributed by atoms with E-state index in [1.54, 1.807) is 0 Å². The number of carboxylic acid groups (broad SMARTS) is 2. The Bertz CT molecular complexity index is 656. The molecule has 2 unspecified atom stereocenters. The summed E-state index contributed by atoms with van der Waals surface area (Å²) in [5.74, 6) is -0.713. The van der Waals surface area contributed by atoms with Crippen molar-refractivity contribution in [1.29, 1.82) is 0 Å². The fraction of sp³-hybridized carbons (Fsp3) is 0.650. The molecule has 0 radical (unpaired) electrons. The summed E-state index contributed by atoms with van der Waals surface area (Å²) in [4.78, 5) is 34.4. The molecule has 0 aromatic carbocycles. The first kappa shape index (κ1) is 24.9. The van der Waals surface area contributed by atoms with Crippen molar-refractivity contribution in [3.63, 3.8) is 0 Å². The number of carbonyl (C=O) groups is 2. The number of nitrogens with zero attached hydrogens (tertiary/aromatic N) is 4. The average molecular weight is 457 g/mol. The van der Waals surface area contributed by atoms with Gasteiger partial charge in [0.1, 0.15) is 12.1 Å². The van der Waals surface area contributed by atoms with E-state index < -0.39 is 24.0 Å². The Kier molecular flexibility index (Phi) is 10.4. The van der Waals surface area contributed by atoms with Crippen molar-refractivity contribution in [3.05, 3.63) is 29.6 Å². The summed E-state index contributed by atoms with van der Waals surface area (Å²) in [5.41, 5.74) is 1.56. The minimum Gasteiger partial charge on any atom is -0.480 e. The third kappa shape index (κ3) is 7.42. The molecule has 0 saturated carbocycles. The van der Waals surface area contributed by atoms with Crippen LogP contribution in [-0.4, -0.2) is 98.7 Å². The first-order chi connectivity index (χ1) is 14.3. The van der Waals surface area contributed by atoms with Gasteiger partial charge in [0.25, 0.3) is 0 Å². The van der Waals surface area contributed by atoms with Crippen LogP contribution in [0, 0.1) is 0 Å². The van der Waals surface area contributed by atoms with Crippen molar-refractivity contribution in [1.82, 2.24) is 19.7 Å². The lowest BCUT2D eigenvalue weighted by Gasteiger charge is -2.33. The maximum atomic E-state index is 11.8. The van der Waals surface area contributed by atoms with Gasteiger partial charge in [-0.25, -0.2) is 0 Å². The molecule has 8 nitrogen and oxygen atoms in total. The summed E-state index contributed by atoms with van der Waals surface area (Å²) >= 11 is 8.46. The van der Waals surface area contributed by atoms with Crippen molar-refractivity contribution in [2.75, 3.05) is 44.7 Å². The summed E-state index contributed by atoms with van der Waals surface area (Å²) < 4.78 is 0. The van der Waals surface area contributed by atoms with E-state index in [1.165, 1.54) is 0 Å². The molecule has 2 heterocycles. The SMILES string of the molecule is CN1CCN(C(CCS)C(=O)O)Cc2cccc(n2)CN(C(CCS)C(=O)O)CC1. The molecular weight excluding hydrogens is 424 g/mol. The molecule has 2 N–H and O–H groups in total. The van der Waals surface area contributed by atoms with Crippen LogP contribution in [0.2, 0.25) is 0 Å². The fourth-order valence-corrected chi connectivity index (χ4v) is 4.18. The Morgan fingerprint density at radius 2 is 1.37 bits per heavy atom. The van der Waals surface area contributed by atoms with Crippen molar-refractivity contribution in [3.8, 4) is 0 Å². The molecule has 0 saturated heterocycles. The van der Waals surface area contributed by atoms with E-state index in [4.69, 9.17) is 4.98 Å². The zero-order valence-electron chi connectivity index (χ0n) is 17.4. The summed E-state index contributed by atoms with van der Waals surface area (Å²) in [5, 5.41) is 19.4.